The highest BCUT2D eigenvalue weighted by atomic mass is 16.5. The predicted molar refractivity (Wildman–Crippen MR) is 77.0 cm³/mol. The molecular weight excluding hydrogens is 256 g/mol. The number of ether oxygens (including phenoxy) is 2. The maximum absolute atomic E-state index is 10.9. The zero-order valence-electron chi connectivity index (χ0n) is 12.0. The van der Waals surface area contributed by atoms with Crippen molar-refractivity contribution in [3.05, 3.63) is 48.0 Å². The smallest absolute Gasteiger partial charge is 0.309 e. The molecule has 0 saturated carbocycles. The van der Waals surface area contributed by atoms with E-state index in [1.165, 1.54) is 7.11 Å². The Labute approximate surface area is 120 Å². The van der Waals surface area contributed by atoms with E-state index >= 15 is 0 Å². The van der Waals surface area contributed by atoms with Crippen molar-refractivity contribution in [2.45, 2.75) is 26.1 Å². The minimum Gasteiger partial charge on any atom is -0.469 e. The molecule has 1 aromatic carbocycles. The van der Waals surface area contributed by atoms with E-state index in [0.29, 0.717) is 6.61 Å². The van der Waals surface area contributed by atoms with Crippen molar-refractivity contribution in [3.8, 4) is 0 Å². The maximum atomic E-state index is 10.9. The molecule has 0 heterocycles. The van der Waals surface area contributed by atoms with Gasteiger partial charge in [-0.2, -0.15) is 0 Å². The molecule has 0 unspecified atom stereocenters. The highest BCUT2D eigenvalue weighted by molar-refractivity contribution is 5.70. The zero-order chi connectivity index (χ0) is 14.8. The Bertz CT molecular complexity index is 414. The SMILES string of the molecule is COC(=O)C/C=C/[C@H](C)[C@@H](O)COCc1ccccc1. The fraction of sp³-hybridized carbons (Fsp3) is 0.438. The molecule has 4 heteroatoms. The molecule has 0 saturated heterocycles. The molecule has 0 aliphatic heterocycles. The van der Waals surface area contributed by atoms with Crippen LogP contribution in [0.3, 0.4) is 0 Å². The maximum Gasteiger partial charge on any atom is 0.309 e. The molecule has 0 bridgehead atoms. The Morgan fingerprint density at radius 2 is 2.05 bits per heavy atom. The van der Waals surface area contributed by atoms with Crippen LogP contribution in [0.4, 0.5) is 0 Å². The Balaban J connectivity index is 2.24. The van der Waals surface area contributed by atoms with Crippen LogP contribution >= 0.6 is 0 Å². The summed E-state index contributed by atoms with van der Waals surface area (Å²) in [6, 6.07) is 9.81. The van der Waals surface area contributed by atoms with Gasteiger partial charge in [0.1, 0.15) is 0 Å². The number of aliphatic hydroxyl groups excluding tert-OH is 1. The van der Waals surface area contributed by atoms with Gasteiger partial charge in [0.05, 0.1) is 32.8 Å². The van der Waals surface area contributed by atoms with Gasteiger partial charge in [0.25, 0.3) is 0 Å². The van der Waals surface area contributed by atoms with E-state index in [-0.39, 0.29) is 24.9 Å². The average molecular weight is 278 g/mol. The van der Waals surface area contributed by atoms with Gasteiger partial charge in [0, 0.05) is 5.92 Å². The largest absolute Gasteiger partial charge is 0.469 e. The Hall–Kier alpha value is -1.65. The lowest BCUT2D eigenvalue weighted by Crippen LogP contribution is -2.22. The van der Waals surface area contributed by atoms with Crippen LogP contribution < -0.4 is 0 Å². The van der Waals surface area contributed by atoms with Gasteiger partial charge in [0.2, 0.25) is 0 Å². The number of hydrogen-bond donors (Lipinski definition) is 1. The molecule has 0 spiro atoms. The van der Waals surface area contributed by atoms with Crippen LogP contribution in [0.1, 0.15) is 18.9 Å². The third-order valence-electron chi connectivity index (χ3n) is 2.96. The Morgan fingerprint density at radius 3 is 2.70 bits per heavy atom. The van der Waals surface area contributed by atoms with Crippen molar-refractivity contribution >= 4 is 5.97 Å². The normalized spacial score (nSPS) is 14.2. The molecular formula is C16H22O4. The number of rotatable bonds is 8. The molecule has 4 nitrogen and oxygen atoms in total. The molecule has 2 atom stereocenters. The number of hydrogen-bond acceptors (Lipinski definition) is 4. The molecule has 0 aliphatic carbocycles. The van der Waals surface area contributed by atoms with Gasteiger partial charge >= 0.3 is 5.97 Å². The zero-order valence-corrected chi connectivity index (χ0v) is 12.0. The van der Waals surface area contributed by atoms with E-state index in [1.807, 2.05) is 37.3 Å². The van der Waals surface area contributed by atoms with Crippen molar-refractivity contribution in [1.82, 2.24) is 0 Å². The summed E-state index contributed by atoms with van der Waals surface area (Å²) in [4.78, 5) is 10.9. The molecule has 0 amide bonds. The van der Waals surface area contributed by atoms with E-state index < -0.39 is 6.10 Å². The molecule has 1 N–H and O–H groups in total. The average Bonchev–Trinajstić information content (AvgIpc) is 2.47. The summed E-state index contributed by atoms with van der Waals surface area (Å²) in [5, 5.41) is 9.93. The summed E-state index contributed by atoms with van der Waals surface area (Å²) < 4.78 is 10.0. The molecule has 0 aliphatic rings. The Morgan fingerprint density at radius 1 is 1.35 bits per heavy atom. The van der Waals surface area contributed by atoms with Gasteiger partial charge in [-0.25, -0.2) is 0 Å². The second-order valence-corrected chi connectivity index (χ2v) is 4.64. The van der Waals surface area contributed by atoms with Gasteiger partial charge < -0.3 is 14.6 Å². The van der Waals surface area contributed by atoms with Crippen LogP contribution in [-0.2, 0) is 20.9 Å². The third kappa shape index (κ3) is 6.50. The second-order valence-electron chi connectivity index (χ2n) is 4.64. The van der Waals surface area contributed by atoms with Crippen molar-refractivity contribution in [2.75, 3.05) is 13.7 Å². The minimum absolute atomic E-state index is 0.0737. The summed E-state index contributed by atoms with van der Waals surface area (Å²) in [5.74, 6) is -0.362. The summed E-state index contributed by atoms with van der Waals surface area (Å²) in [7, 11) is 1.35. The summed E-state index contributed by atoms with van der Waals surface area (Å²) in [5.41, 5.74) is 1.08. The molecule has 1 aromatic rings. The van der Waals surface area contributed by atoms with Gasteiger partial charge in [0.15, 0.2) is 0 Å². The number of esters is 1. The van der Waals surface area contributed by atoms with Crippen LogP contribution in [0.5, 0.6) is 0 Å². The lowest BCUT2D eigenvalue weighted by atomic mass is 10.0. The summed E-state index contributed by atoms with van der Waals surface area (Å²) in [6.07, 6.45) is 3.13. The number of aliphatic hydroxyl groups is 1. The van der Waals surface area contributed by atoms with E-state index in [1.54, 1.807) is 12.2 Å². The molecule has 0 fully saturated rings. The fourth-order valence-corrected chi connectivity index (χ4v) is 1.61. The molecule has 0 aromatic heterocycles. The lowest BCUT2D eigenvalue weighted by Gasteiger charge is -2.15. The predicted octanol–water partition coefficient (Wildman–Crippen LogP) is 2.32. The molecule has 0 radical (unpaired) electrons. The molecule has 20 heavy (non-hydrogen) atoms. The highest BCUT2D eigenvalue weighted by Gasteiger charge is 2.11. The first-order valence-corrected chi connectivity index (χ1v) is 6.66. The number of methoxy groups -OCH3 is 1. The quantitative estimate of drug-likeness (QED) is 0.585. The number of benzene rings is 1. The number of carbonyl (C=O) groups is 1. The van der Waals surface area contributed by atoms with Crippen LogP contribution in [0.2, 0.25) is 0 Å². The lowest BCUT2D eigenvalue weighted by molar-refractivity contribution is -0.139. The monoisotopic (exact) mass is 278 g/mol. The van der Waals surface area contributed by atoms with Crippen molar-refractivity contribution in [2.24, 2.45) is 5.92 Å². The first kappa shape index (κ1) is 16.4. The highest BCUT2D eigenvalue weighted by Crippen LogP contribution is 2.08. The van der Waals surface area contributed by atoms with E-state index in [0.717, 1.165) is 5.56 Å². The standard InChI is InChI=1S/C16H22O4/c1-13(7-6-10-16(18)19-2)15(17)12-20-11-14-8-4-3-5-9-14/h3-9,13,15,17H,10-12H2,1-2H3/b7-6+/t13-,15-/m0/s1. The fourth-order valence-electron chi connectivity index (χ4n) is 1.61. The Kier molecular flexibility index (Phi) is 7.62. The van der Waals surface area contributed by atoms with Crippen LogP contribution in [0.15, 0.2) is 42.5 Å². The summed E-state index contributed by atoms with van der Waals surface area (Å²) in [6.45, 7) is 2.62. The van der Waals surface area contributed by atoms with E-state index in [4.69, 9.17) is 4.74 Å². The van der Waals surface area contributed by atoms with Crippen molar-refractivity contribution < 1.29 is 19.4 Å². The van der Waals surface area contributed by atoms with Crippen molar-refractivity contribution in [3.63, 3.8) is 0 Å². The van der Waals surface area contributed by atoms with Crippen LogP contribution in [0, 0.1) is 5.92 Å². The first-order chi connectivity index (χ1) is 9.63. The van der Waals surface area contributed by atoms with E-state index in [2.05, 4.69) is 4.74 Å². The van der Waals surface area contributed by atoms with Crippen LogP contribution in [0.25, 0.3) is 0 Å². The molecule has 110 valence electrons. The minimum atomic E-state index is -0.590. The third-order valence-corrected chi connectivity index (χ3v) is 2.96. The van der Waals surface area contributed by atoms with Gasteiger partial charge in [-0.05, 0) is 5.56 Å². The van der Waals surface area contributed by atoms with Gasteiger partial charge in [-0.15, -0.1) is 0 Å². The topological polar surface area (TPSA) is 55.8 Å². The second kappa shape index (κ2) is 9.28. The summed E-state index contributed by atoms with van der Waals surface area (Å²) >= 11 is 0. The number of carbonyl (C=O) groups excluding carboxylic acids is 1. The van der Waals surface area contributed by atoms with Crippen molar-refractivity contribution in [1.29, 1.82) is 0 Å². The van der Waals surface area contributed by atoms with E-state index in [9.17, 15) is 9.90 Å². The first-order valence-electron chi connectivity index (χ1n) is 6.66. The van der Waals surface area contributed by atoms with Gasteiger partial charge in [-0.1, -0.05) is 49.4 Å². The van der Waals surface area contributed by atoms with Gasteiger partial charge in [-0.3, -0.25) is 4.79 Å². The van der Waals surface area contributed by atoms with Crippen LogP contribution in [-0.4, -0.2) is 30.9 Å². The molecule has 1 rings (SSSR count).